The Morgan fingerprint density at radius 3 is 2.72 bits per heavy atom. The number of sulfone groups is 1. The van der Waals surface area contributed by atoms with Crippen LogP contribution in [-0.4, -0.2) is 30.9 Å². The van der Waals surface area contributed by atoms with Gasteiger partial charge in [-0.25, -0.2) is 8.42 Å². The van der Waals surface area contributed by atoms with E-state index in [0.717, 1.165) is 22.9 Å². The molecule has 1 aromatic carbocycles. The molecule has 1 atom stereocenters. The van der Waals surface area contributed by atoms with Gasteiger partial charge in [0.1, 0.15) is 0 Å². The van der Waals surface area contributed by atoms with Crippen LogP contribution in [0.25, 0.3) is 10.9 Å². The van der Waals surface area contributed by atoms with Crippen LogP contribution in [-0.2, 0) is 16.3 Å². The number of aromatic amines is 1. The molecule has 1 unspecified atom stereocenters. The first-order valence-electron chi connectivity index (χ1n) is 5.86. The van der Waals surface area contributed by atoms with Gasteiger partial charge in [-0.2, -0.15) is 0 Å². The molecular formula is C13H17NO3S. The van der Waals surface area contributed by atoms with Crippen LogP contribution >= 0.6 is 0 Å². The van der Waals surface area contributed by atoms with Crippen LogP contribution in [0.5, 0.6) is 0 Å². The van der Waals surface area contributed by atoms with E-state index in [2.05, 4.69) is 4.98 Å². The van der Waals surface area contributed by atoms with Crippen LogP contribution < -0.4 is 0 Å². The highest BCUT2D eigenvalue weighted by Crippen LogP contribution is 2.23. The Kier molecular flexibility index (Phi) is 3.45. The minimum Gasteiger partial charge on any atom is -0.393 e. The monoisotopic (exact) mass is 267 g/mol. The highest BCUT2D eigenvalue weighted by molar-refractivity contribution is 7.90. The molecule has 4 nitrogen and oxygen atoms in total. The Labute approximate surface area is 107 Å². The summed E-state index contributed by atoms with van der Waals surface area (Å²) in [6, 6.07) is 5.07. The average Bonchev–Trinajstić information content (AvgIpc) is 2.67. The van der Waals surface area contributed by atoms with Gasteiger partial charge >= 0.3 is 0 Å². The maximum Gasteiger partial charge on any atom is 0.175 e. The standard InChI is InChI=1S/C13H17NO3S/c1-9(15)3-4-10-8-14-13-6-5-11(7-12(10)13)18(2,16)17/h5-9,14-15H,3-4H2,1-2H3. The van der Waals surface area contributed by atoms with Gasteiger partial charge in [-0.1, -0.05) is 0 Å². The van der Waals surface area contributed by atoms with Gasteiger partial charge in [0, 0.05) is 23.4 Å². The van der Waals surface area contributed by atoms with Crippen LogP contribution in [0.1, 0.15) is 18.9 Å². The fourth-order valence-corrected chi connectivity index (χ4v) is 2.61. The molecule has 1 heterocycles. The molecule has 0 aliphatic rings. The van der Waals surface area contributed by atoms with E-state index in [1.807, 2.05) is 6.20 Å². The summed E-state index contributed by atoms with van der Waals surface area (Å²) >= 11 is 0. The Morgan fingerprint density at radius 2 is 2.11 bits per heavy atom. The van der Waals surface area contributed by atoms with Crippen molar-refractivity contribution in [2.45, 2.75) is 30.8 Å². The molecule has 1 aromatic heterocycles. The highest BCUT2D eigenvalue weighted by atomic mass is 32.2. The molecule has 0 radical (unpaired) electrons. The quantitative estimate of drug-likeness (QED) is 0.888. The Hall–Kier alpha value is -1.33. The molecule has 0 spiro atoms. The summed E-state index contributed by atoms with van der Waals surface area (Å²) in [4.78, 5) is 3.44. The van der Waals surface area contributed by atoms with E-state index < -0.39 is 9.84 Å². The number of aryl methyl sites for hydroxylation is 1. The van der Waals surface area contributed by atoms with Crippen molar-refractivity contribution in [1.82, 2.24) is 4.98 Å². The first-order valence-corrected chi connectivity index (χ1v) is 7.75. The molecule has 0 fully saturated rings. The van der Waals surface area contributed by atoms with Crippen molar-refractivity contribution in [2.24, 2.45) is 0 Å². The minimum absolute atomic E-state index is 0.327. The van der Waals surface area contributed by atoms with Crippen molar-refractivity contribution in [3.63, 3.8) is 0 Å². The Morgan fingerprint density at radius 1 is 1.39 bits per heavy atom. The molecule has 0 amide bonds. The topological polar surface area (TPSA) is 70.2 Å². The van der Waals surface area contributed by atoms with Crippen LogP contribution in [0.15, 0.2) is 29.3 Å². The lowest BCUT2D eigenvalue weighted by Gasteiger charge is -2.03. The number of hydrogen-bond donors (Lipinski definition) is 2. The molecular weight excluding hydrogens is 250 g/mol. The van der Waals surface area contributed by atoms with Gasteiger partial charge < -0.3 is 10.1 Å². The van der Waals surface area contributed by atoms with Crippen LogP contribution in [0.4, 0.5) is 0 Å². The van der Waals surface area contributed by atoms with E-state index in [1.54, 1.807) is 25.1 Å². The van der Waals surface area contributed by atoms with Gasteiger partial charge in [-0.05, 0) is 43.5 Å². The summed E-state index contributed by atoms with van der Waals surface area (Å²) in [5.41, 5.74) is 1.96. The molecule has 2 rings (SSSR count). The van der Waals surface area contributed by atoms with Gasteiger partial charge in [0.05, 0.1) is 11.0 Å². The van der Waals surface area contributed by atoms with Crippen LogP contribution in [0.3, 0.4) is 0 Å². The first kappa shape index (κ1) is 13.1. The molecule has 0 aliphatic heterocycles. The summed E-state index contributed by atoms with van der Waals surface area (Å²) in [5, 5.41) is 10.2. The fraction of sp³-hybridized carbons (Fsp3) is 0.385. The Balaban J connectivity index is 2.44. The molecule has 0 saturated carbocycles. The van der Waals surface area contributed by atoms with Gasteiger partial charge in [0.25, 0.3) is 0 Å². The lowest BCUT2D eigenvalue weighted by atomic mass is 10.1. The number of fused-ring (bicyclic) bond motifs is 1. The summed E-state index contributed by atoms with van der Waals surface area (Å²) in [5.74, 6) is 0. The summed E-state index contributed by atoms with van der Waals surface area (Å²) < 4.78 is 23.1. The first-order chi connectivity index (χ1) is 8.38. The second-order valence-corrected chi connectivity index (χ2v) is 6.70. The number of H-pyrrole nitrogens is 1. The van der Waals surface area contributed by atoms with Gasteiger partial charge in [-0.15, -0.1) is 0 Å². The summed E-state index contributed by atoms with van der Waals surface area (Å²) in [6.07, 6.45) is 4.11. The van der Waals surface area contributed by atoms with Crippen molar-refractivity contribution in [3.05, 3.63) is 30.0 Å². The summed E-state index contributed by atoms with van der Waals surface area (Å²) in [6.45, 7) is 1.75. The van der Waals surface area contributed by atoms with Crippen LogP contribution in [0.2, 0.25) is 0 Å². The lowest BCUT2D eigenvalue weighted by molar-refractivity contribution is 0.185. The van der Waals surface area contributed by atoms with E-state index in [4.69, 9.17) is 0 Å². The molecule has 98 valence electrons. The fourth-order valence-electron chi connectivity index (χ4n) is 1.96. The molecule has 0 bridgehead atoms. The molecule has 2 aromatic rings. The third-order valence-corrected chi connectivity index (χ3v) is 4.11. The zero-order valence-corrected chi connectivity index (χ0v) is 11.3. The van der Waals surface area contributed by atoms with Gasteiger partial charge in [-0.3, -0.25) is 0 Å². The molecule has 18 heavy (non-hydrogen) atoms. The largest absolute Gasteiger partial charge is 0.393 e. The van der Waals surface area contributed by atoms with E-state index in [9.17, 15) is 13.5 Å². The third kappa shape index (κ3) is 2.73. The van der Waals surface area contributed by atoms with Gasteiger partial charge in [0.15, 0.2) is 9.84 Å². The predicted molar refractivity (Wildman–Crippen MR) is 71.4 cm³/mol. The van der Waals surface area contributed by atoms with Gasteiger partial charge in [0.2, 0.25) is 0 Å². The molecule has 2 N–H and O–H groups in total. The number of aliphatic hydroxyl groups excluding tert-OH is 1. The maximum absolute atomic E-state index is 11.5. The molecule has 5 heteroatoms. The number of aliphatic hydroxyl groups is 1. The smallest absolute Gasteiger partial charge is 0.175 e. The molecule has 0 aliphatic carbocycles. The number of hydrogen-bond acceptors (Lipinski definition) is 3. The number of nitrogens with one attached hydrogen (secondary N) is 1. The lowest BCUT2D eigenvalue weighted by Crippen LogP contribution is -2.01. The maximum atomic E-state index is 11.5. The predicted octanol–water partition coefficient (Wildman–Crippen LogP) is 1.88. The normalized spacial score (nSPS) is 13.9. The third-order valence-electron chi connectivity index (χ3n) is 3.00. The van der Waals surface area contributed by atoms with Crippen molar-refractivity contribution in [1.29, 1.82) is 0 Å². The van der Waals surface area contributed by atoms with Crippen molar-refractivity contribution in [2.75, 3.05) is 6.26 Å². The van der Waals surface area contributed by atoms with Crippen molar-refractivity contribution < 1.29 is 13.5 Å². The number of benzene rings is 1. The second-order valence-electron chi connectivity index (χ2n) is 4.68. The number of aromatic nitrogens is 1. The zero-order chi connectivity index (χ0) is 13.3. The van der Waals surface area contributed by atoms with Crippen molar-refractivity contribution >= 4 is 20.7 Å². The van der Waals surface area contributed by atoms with Crippen molar-refractivity contribution in [3.8, 4) is 0 Å². The average molecular weight is 267 g/mol. The SMILES string of the molecule is CC(O)CCc1c[nH]c2ccc(S(C)(=O)=O)cc12. The van der Waals surface area contributed by atoms with E-state index in [1.165, 1.54) is 6.26 Å². The van der Waals surface area contributed by atoms with Crippen LogP contribution in [0, 0.1) is 0 Å². The molecule has 0 saturated heterocycles. The second kappa shape index (κ2) is 4.74. The zero-order valence-electron chi connectivity index (χ0n) is 10.5. The minimum atomic E-state index is -3.18. The van der Waals surface area contributed by atoms with E-state index >= 15 is 0 Å². The van der Waals surface area contributed by atoms with E-state index in [0.29, 0.717) is 11.3 Å². The highest BCUT2D eigenvalue weighted by Gasteiger charge is 2.11. The summed E-state index contributed by atoms with van der Waals surface area (Å²) in [7, 11) is -3.18. The number of rotatable bonds is 4. The van der Waals surface area contributed by atoms with E-state index in [-0.39, 0.29) is 6.10 Å². The Bertz CT molecular complexity index is 656.